The molecule has 1 N–H and O–H groups in total. The van der Waals surface area contributed by atoms with E-state index in [-0.39, 0.29) is 36.1 Å². The molecule has 35 heavy (non-hydrogen) atoms. The molecule has 0 fully saturated rings. The first-order chi connectivity index (χ1) is 15.9. The number of ether oxygens (including phenoxy) is 2. The number of benzene rings is 2. The van der Waals surface area contributed by atoms with E-state index in [1.807, 2.05) is 0 Å². The summed E-state index contributed by atoms with van der Waals surface area (Å²) in [6.45, 7) is 1.63. The summed E-state index contributed by atoms with van der Waals surface area (Å²) in [5.41, 5.74) is 1.32. The van der Waals surface area contributed by atoms with E-state index in [2.05, 4.69) is 30.7 Å². The van der Waals surface area contributed by atoms with Gasteiger partial charge < -0.3 is 0 Å². The van der Waals surface area contributed by atoms with Crippen molar-refractivity contribution < 1.29 is 33.0 Å². The Bertz CT molecular complexity index is 1300. The number of phenols is 1. The molecule has 2 aromatic carbocycles. The van der Waals surface area contributed by atoms with Gasteiger partial charge in [0.2, 0.25) is 0 Å². The Morgan fingerprint density at radius 1 is 1.17 bits per heavy atom. The molecule has 1 heterocycles. The van der Waals surface area contributed by atoms with Gasteiger partial charge in [0.05, 0.1) is 0 Å². The monoisotopic (exact) mass is 699 g/mol. The van der Waals surface area contributed by atoms with Crippen LogP contribution in [0.4, 0.5) is 13.6 Å². The summed E-state index contributed by atoms with van der Waals surface area (Å²) in [4.78, 5) is 31.9. The van der Waals surface area contributed by atoms with Crippen LogP contribution in [0.25, 0.3) is 10.9 Å². The maximum absolute atomic E-state index is 13.7. The number of rotatable bonds is 6. The SMILES string of the molecule is CCOC(=O)OC(=O)c1c(CSc2ccc(F)c(F)c2)n(C)c2cc(Br)c(O)[c]([Sn]([CH3])([CH3])[CH3])c12.Cl. The van der Waals surface area contributed by atoms with Crippen molar-refractivity contribution in [1.82, 2.24) is 4.57 Å². The van der Waals surface area contributed by atoms with Gasteiger partial charge in [0.25, 0.3) is 0 Å². The van der Waals surface area contributed by atoms with Crippen molar-refractivity contribution in [3.8, 4) is 5.75 Å². The molecular formula is C23H25BrClF2NO5SSn. The predicted octanol–water partition coefficient (Wildman–Crippen LogP) is 6.50. The molecule has 12 heteroatoms. The van der Waals surface area contributed by atoms with E-state index >= 15 is 0 Å². The molecule has 0 spiro atoms. The first kappa shape index (κ1) is 29.7. The number of halogens is 4. The zero-order chi connectivity index (χ0) is 25.4. The summed E-state index contributed by atoms with van der Waals surface area (Å²) >= 11 is 1.54. The number of fused-ring (bicyclic) bond motifs is 1. The fourth-order valence-corrected chi connectivity index (χ4v) is 10.9. The third-order valence-electron chi connectivity index (χ3n) is 5.20. The van der Waals surface area contributed by atoms with Gasteiger partial charge in [-0.2, -0.15) is 0 Å². The smallest absolute Gasteiger partial charge is 0.147 e. The minimum Gasteiger partial charge on any atom is -0.147 e. The standard InChI is InChI=1S/C20H15BrF2NO5S.3CH3.ClH.Sn/c1-3-28-20(27)29-19(26)18-11-7-17(25)12(21)8-15(11)24(2)16(18)9-30-10-4-5-13(22)14(23)6-10;;;;;/h4-6,8,25H,3,9H2,1-2H3;3*1H3;1H;. The number of carbonyl (C=O) groups is 2. The molecule has 3 rings (SSSR count). The van der Waals surface area contributed by atoms with Gasteiger partial charge in [0, 0.05) is 0 Å². The van der Waals surface area contributed by atoms with Crippen LogP contribution in [0.3, 0.4) is 0 Å². The van der Waals surface area contributed by atoms with Crippen LogP contribution in [-0.4, -0.2) is 46.8 Å². The average molecular weight is 700 g/mol. The number of hydrogen-bond acceptors (Lipinski definition) is 6. The largest absolute Gasteiger partial charge is 0.147 e. The first-order valence-corrected chi connectivity index (χ1v) is 22.1. The molecule has 0 saturated heterocycles. The molecule has 190 valence electrons. The molecule has 0 amide bonds. The number of aromatic hydroxyl groups is 1. The van der Waals surface area contributed by atoms with Crippen molar-refractivity contribution in [2.45, 2.75) is 32.4 Å². The molecule has 0 aliphatic heterocycles. The summed E-state index contributed by atoms with van der Waals surface area (Å²) in [5.74, 6) is -2.56. The predicted molar refractivity (Wildman–Crippen MR) is 141 cm³/mol. The Hall–Kier alpha value is -1.50. The maximum atomic E-state index is 13.7. The average Bonchev–Trinajstić information content (AvgIpc) is 3.00. The van der Waals surface area contributed by atoms with Crippen molar-refractivity contribution in [3.05, 3.63) is 51.6 Å². The fourth-order valence-electron chi connectivity index (χ4n) is 3.71. The Kier molecular flexibility index (Phi) is 9.94. The zero-order valence-corrected chi connectivity index (χ0v) is 25.8. The van der Waals surface area contributed by atoms with E-state index < -0.39 is 42.1 Å². The number of aromatic nitrogens is 1. The first-order valence-electron chi connectivity index (χ1n) is 10.4. The third-order valence-corrected chi connectivity index (χ3v) is 12.5. The summed E-state index contributed by atoms with van der Waals surface area (Å²) < 4.78 is 39.8. The van der Waals surface area contributed by atoms with Gasteiger partial charge in [-0.05, 0) is 0 Å². The second-order valence-corrected chi connectivity index (χ2v) is 24.7. The van der Waals surface area contributed by atoms with E-state index in [9.17, 15) is 23.5 Å². The zero-order valence-electron chi connectivity index (χ0n) is 19.7. The number of hydrogen-bond donors (Lipinski definition) is 1. The summed E-state index contributed by atoms with van der Waals surface area (Å²) in [5, 5.41) is 11.5. The van der Waals surface area contributed by atoms with Crippen molar-refractivity contribution in [2.24, 2.45) is 7.05 Å². The normalized spacial score (nSPS) is 11.3. The van der Waals surface area contributed by atoms with Gasteiger partial charge in [-0.15, -0.1) is 12.4 Å². The quantitative estimate of drug-likeness (QED) is 0.137. The molecular weight excluding hydrogens is 674 g/mol. The van der Waals surface area contributed by atoms with Crippen molar-refractivity contribution >= 4 is 85.1 Å². The molecule has 0 atom stereocenters. The number of aryl methyl sites for hydroxylation is 1. The second-order valence-electron chi connectivity index (χ2n) is 8.54. The maximum Gasteiger partial charge on any atom is -0.147 e. The van der Waals surface area contributed by atoms with Crippen LogP contribution in [-0.2, 0) is 22.3 Å². The van der Waals surface area contributed by atoms with Gasteiger partial charge in [0.15, 0.2) is 0 Å². The van der Waals surface area contributed by atoms with Crippen LogP contribution in [0.5, 0.6) is 5.75 Å². The minimum atomic E-state index is -3.07. The van der Waals surface area contributed by atoms with Gasteiger partial charge >= 0.3 is 214 Å². The van der Waals surface area contributed by atoms with Gasteiger partial charge in [0.1, 0.15) is 0 Å². The Labute approximate surface area is 224 Å². The van der Waals surface area contributed by atoms with Crippen LogP contribution in [0.2, 0.25) is 14.8 Å². The van der Waals surface area contributed by atoms with Crippen molar-refractivity contribution in [1.29, 1.82) is 0 Å². The van der Waals surface area contributed by atoms with Crippen LogP contribution < -0.4 is 3.58 Å². The summed E-state index contributed by atoms with van der Waals surface area (Å²) in [7, 11) is 1.76. The Balaban J connectivity index is 0.00000432. The van der Waals surface area contributed by atoms with Gasteiger partial charge in [-0.3, -0.25) is 0 Å². The molecule has 0 radical (unpaired) electrons. The van der Waals surface area contributed by atoms with E-state index in [1.165, 1.54) is 17.8 Å². The number of esters is 1. The third kappa shape index (κ3) is 6.26. The van der Waals surface area contributed by atoms with Crippen LogP contribution in [0.15, 0.2) is 33.6 Å². The molecule has 0 aliphatic rings. The van der Waals surface area contributed by atoms with E-state index in [0.29, 0.717) is 29.5 Å². The van der Waals surface area contributed by atoms with Crippen molar-refractivity contribution in [2.75, 3.05) is 6.61 Å². The second kappa shape index (κ2) is 11.7. The summed E-state index contributed by atoms with van der Waals surface area (Å²) in [6, 6.07) is 5.27. The molecule has 6 nitrogen and oxygen atoms in total. The Morgan fingerprint density at radius 3 is 2.40 bits per heavy atom. The number of thioether (sulfide) groups is 1. The fraction of sp³-hybridized carbons (Fsp3) is 0.304. The summed E-state index contributed by atoms with van der Waals surface area (Å²) in [6.07, 6.45) is -1.12. The van der Waals surface area contributed by atoms with Crippen molar-refractivity contribution in [3.63, 3.8) is 0 Å². The van der Waals surface area contributed by atoms with Crippen LogP contribution in [0.1, 0.15) is 23.0 Å². The molecule has 0 bridgehead atoms. The van der Waals surface area contributed by atoms with Crippen LogP contribution in [0, 0.1) is 11.6 Å². The number of carbonyl (C=O) groups excluding carboxylic acids is 2. The molecule has 0 unspecified atom stereocenters. The molecule has 3 aromatic rings. The van der Waals surface area contributed by atoms with Crippen LogP contribution >= 0.6 is 40.1 Å². The Morgan fingerprint density at radius 2 is 1.83 bits per heavy atom. The van der Waals surface area contributed by atoms with Gasteiger partial charge in [-0.25, -0.2) is 0 Å². The number of phenolic OH excluding ortho intramolecular Hbond substituents is 1. The number of nitrogens with zero attached hydrogens (tertiary/aromatic N) is 1. The molecule has 0 aliphatic carbocycles. The topological polar surface area (TPSA) is 77.8 Å². The molecule has 0 saturated carbocycles. The van der Waals surface area contributed by atoms with E-state index in [1.54, 1.807) is 24.6 Å². The molecule has 1 aromatic heterocycles. The van der Waals surface area contributed by atoms with E-state index in [4.69, 9.17) is 9.47 Å². The van der Waals surface area contributed by atoms with E-state index in [0.717, 1.165) is 12.1 Å². The van der Waals surface area contributed by atoms with Gasteiger partial charge in [-0.1, -0.05) is 0 Å². The minimum absolute atomic E-state index is 0.